The highest BCUT2D eigenvalue weighted by Crippen LogP contribution is 2.48. The fourth-order valence-electron chi connectivity index (χ4n) is 2.58. The summed E-state index contributed by atoms with van der Waals surface area (Å²) < 4.78 is 5.10. The molecule has 17 heavy (non-hydrogen) atoms. The maximum atomic E-state index is 11.7. The fourth-order valence-corrected chi connectivity index (χ4v) is 2.58. The number of hydrogen-bond donors (Lipinski definition) is 2. The Bertz CT molecular complexity index is 258. The normalized spacial score (nSPS) is 22.4. The third-order valence-electron chi connectivity index (χ3n) is 4.11. The lowest BCUT2D eigenvalue weighted by atomic mass is 10.0. The van der Waals surface area contributed by atoms with Gasteiger partial charge in [0.25, 0.3) is 0 Å². The van der Waals surface area contributed by atoms with Crippen molar-refractivity contribution in [1.82, 2.24) is 10.6 Å². The highest BCUT2D eigenvalue weighted by molar-refractivity contribution is 5.74. The van der Waals surface area contributed by atoms with Gasteiger partial charge in [-0.3, -0.25) is 0 Å². The molecule has 2 rings (SSSR count). The summed E-state index contributed by atoms with van der Waals surface area (Å²) in [5.41, 5.74) is 0.336. The van der Waals surface area contributed by atoms with Gasteiger partial charge in [0.1, 0.15) is 0 Å². The van der Waals surface area contributed by atoms with Crippen molar-refractivity contribution in [2.45, 2.75) is 51.0 Å². The molecule has 4 nitrogen and oxygen atoms in total. The average Bonchev–Trinajstić information content (AvgIpc) is 2.92. The first-order chi connectivity index (χ1) is 8.24. The average molecular weight is 240 g/mol. The standard InChI is InChI=1S/C13H24N2O2/c1-17-9-8-13(6-7-13)10-14-12(16)15-11-4-2-3-5-11/h11H,2-10H2,1H3,(H2,14,15,16). The summed E-state index contributed by atoms with van der Waals surface area (Å²) in [7, 11) is 1.73. The molecular weight excluding hydrogens is 216 g/mol. The van der Waals surface area contributed by atoms with Crippen LogP contribution in [0.4, 0.5) is 4.79 Å². The lowest BCUT2D eigenvalue weighted by Crippen LogP contribution is -2.43. The Kier molecular flexibility index (Phi) is 4.26. The molecule has 0 unspecified atom stereocenters. The summed E-state index contributed by atoms with van der Waals surface area (Å²) in [5, 5.41) is 6.07. The minimum Gasteiger partial charge on any atom is -0.385 e. The van der Waals surface area contributed by atoms with Crippen molar-refractivity contribution in [2.75, 3.05) is 20.3 Å². The summed E-state index contributed by atoms with van der Waals surface area (Å²) in [5.74, 6) is 0. The maximum Gasteiger partial charge on any atom is 0.315 e. The number of carbonyl (C=O) groups excluding carboxylic acids is 1. The van der Waals surface area contributed by atoms with E-state index in [4.69, 9.17) is 4.74 Å². The zero-order valence-corrected chi connectivity index (χ0v) is 10.8. The first kappa shape index (κ1) is 12.7. The van der Waals surface area contributed by atoms with E-state index in [9.17, 15) is 4.79 Å². The molecule has 2 N–H and O–H groups in total. The molecule has 0 aromatic carbocycles. The van der Waals surface area contributed by atoms with E-state index in [1.54, 1.807) is 7.11 Å². The number of amides is 2. The molecule has 4 heteroatoms. The Morgan fingerprint density at radius 3 is 2.65 bits per heavy atom. The number of hydrogen-bond acceptors (Lipinski definition) is 2. The van der Waals surface area contributed by atoms with E-state index in [2.05, 4.69) is 10.6 Å². The molecule has 0 atom stereocenters. The van der Waals surface area contributed by atoms with E-state index in [1.165, 1.54) is 25.7 Å². The van der Waals surface area contributed by atoms with Gasteiger partial charge in [0.15, 0.2) is 0 Å². The van der Waals surface area contributed by atoms with Crippen molar-refractivity contribution < 1.29 is 9.53 Å². The molecule has 2 aliphatic carbocycles. The number of methoxy groups -OCH3 is 1. The largest absolute Gasteiger partial charge is 0.385 e. The van der Waals surface area contributed by atoms with E-state index in [0.717, 1.165) is 32.4 Å². The van der Waals surface area contributed by atoms with Gasteiger partial charge in [-0.05, 0) is 37.5 Å². The van der Waals surface area contributed by atoms with E-state index >= 15 is 0 Å². The number of nitrogens with one attached hydrogen (secondary N) is 2. The zero-order chi connectivity index (χ0) is 12.1. The lowest BCUT2D eigenvalue weighted by molar-refractivity contribution is 0.171. The Morgan fingerprint density at radius 1 is 1.35 bits per heavy atom. The van der Waals surface area contributed by atoms with Crippen LogP contribution in [0.2, 0.25) is 0 Å². The van der Waals surface area contributed by atoms with Crippen LogP contribution in [0.25, 0.3) is 0 Å². The minimum absolute atomic E-state index is 0.0144. The minimum atomic E-state index is 0.0144. The quantitative estimate of drug-likeness (QED) is 0.746. The molecule has 2 amide bonds. The van der Waals surface area contributed by atoms with Crippen molar-refractivity contribution in [1.29, 1.82) is 0 Å². The van der Waals surface area contributed by atoms with Crippen molar-refractivity contribution in [2.24, 2.45) is 5.41 Å². The van der Waals surface area contributed by atoms with E-state index in [1.807, 2.05) is 0 Å². The highest BCUT2D eigenvalue weighted by Gasteiger charge is 2.42. The van der Waals surface area contributed by atoms with Gasteiger partial charge in [0.2, 0.25) is 0 Å². The summed E-state index contributed by atoms with van der Waals surface area (Å²) in [6.07, 6.45) is 8.29. The molecule has 2 aliphatic rings. The van der Waals surface area contributed by atoms with Crippen molar-refractivity contribution in [3.05, 3.63) is 0 Å². The SMILES string of the molecule is COCCC1(CNC(=O)NC2CCCC2)CC1. The predicted octanol–water partition coefficient (Wildman–Crippen LogP) is 2.04. The van der Waals surface area contributed by atoms with Crippen LogP contribution in [-0.4, -0.2) is 32.3 Å². The number of carbonyl (C=O) groups is 1. The molecule has 0 aromatic rings. The molecule has 0 radical (unpaired) electrons. The molecule has 0 aromatic heterocycles. The van der Waals surface area contributed by atoms with E-state index in [-0.39, 0.29) is 6.03 Å². The molecule has 0 heterocycles. The monoisotopic (exact) mass is 240 g/mol. The second kappa shape index (κ2) is 5.71. The first-order valence-electron chi connectivity index (χ1n) is 6.77. The zero-order valence-electron chi connectivity index (χ0n) is 10.8. The molecule has 98 valence electrons. The summed E-state index contributed by atoms with van der Waals surface area (Å²) >= 11 is 0. The van der Waals surface area contributed by atoms with Gasteiger partial charge < -0.3 is 15.4 Å². The van der Waals surface area contributed by atoms with Crippen LogP contribution in [0.1, 0.15) is 44.9 Å². The third kappa shape index (κ3) is 3.87. The summed E-state index contributed by atoms with van der Waals surface area (Å²) in [4.78, 5) is 11.7. The van der Waals surface area contributed by atoms with Gasteiger partial charge >= 0.3 is 6.03 Å². The van der Waals surface area contributed by atoms with Crippen molar-refractivity contribution in [3.63, 3.8) is 0 Å². The van der Waals surface area contributed by atoms with Gasteiger partial charge in [0, 0.05) is 26.3 Å². The van der Waals surface area contributed by atoms with Gasteiger partial charge in [-0.15, -0.1) is 0 Å². The molecular formula is C13H24N2O2. The second-order valence-corrected chi connectivity index (χ2v) is 5.55. The molecule has 0 bridgehead atoms. The van der Waals surface area contributed by atoms with Gasteiger partial charge in [-0.2, -0.15) is 0 Å². The maximum absolute atomic E-state index is 11.7. The smallest absolute Gasteiger partial charge is 0.315 e. The second-order valence-electron chi connectivity index (χ2n) is 5.55. The Labute approximate surface area is 103 Å². The number of urea groups is 1. The summed E-state index contributed by atoms with van der Waals surface area (Å²) in [6.45, 7) is 1.60. The fraction of sp³-hybridized carbons (Fsp3) is 0.923. The predicted molar refractivity (Wildman–Crippen MR) is 67.0 cm³/mol. The van der Waals surface area contributed by atoms with Crippen LogP contribution in [0.15, 0.2) is 0 Å². The Hall–Kier alpha value is -0.770. The third-order valence-corrected chi connectivity index (χ3v) is 4.11. The van der Waals surface area contributed by atoms with Crippen LogP contribution in [-0.2, 0) is 4.74 Å². The van der Waals surface area contributed by atoms with Crippen LogP contribution in [0.5, 0.6) is 0 Å². The molecule has 0 spiro atoms. The van der Waals surface area contributed by atoms with Crippen LogP contribution >= 0.6 is 0 Å². The van der Waals surface area contributed by atoms with Crippen molar-refractivity contribution >= 4 is 6.03 Å². The molecule has 0 aliphatic heterocycles. The van der Waals surface area contributed by atoms with Crippen LogP contribution < -0.4 is 10.6 Å². The van der Waals surface area contributed by atoms with E-state index in [0.29, 0.717) is 11.5 Å². The van der Waals surface area contributed by atoms with Gasteiger partial charge in [-0.25, -0.2) is 4.79 Å². The van der Waals surface area contributed by atoms with Gasteiger partial charge in [-0.1, -0.05) is 12.8 Å². The van der Waals surface area contributed by atoms with Gasteiger partial charge in [0.05, 0.1) is 0 Å². The van der Waals surface area contributed by atoms with Crippen molar-refractivity contribution in [3.8, 4) is 0 Å². The summed E-state index contributed by atoms with van der Waals surface area (Å²) in [6, 6.07) is 0.421. The highest BCUT2D eigenvalue weighted by atomic mass is 16.5. The van der Waals surface area contributed by atoms with Crippen LogP contribution in [0, 0.1) is 5.41 Å². The first-order valence-corrected chi connectivity index (χ1v) is 6.77. The lowest BCUT2D eigenvalue weighted by Gasteiger charge is -2.17. The number of rotatable bonds is 6. The molecule has 0 saturated heterocycles. The Balaban J connectivity index is 1.62. The Morgan fingerprint density at radius 2 is 2.06 bits per heavy atom. The number of ether oxygens (including phenoxy) is 1. The van der Waals surface area contributed by atoms with E-state index < -0.39 is 0 Å². The molecule has 2 fully saturated rings. The molecule has 2 saturated carbocycles. The topological polar surface area (TPSA) is 50.4 Å². The van der Waals surface area contributed by atoms with Crippen LogP contribution in [0.3, 0.4) is 0 Å².